The highest BCUT2D eigenvalue weighted by Crippen LogP contribution is 2.40. The number of allylic oxidation sites excluding steroid dienone is 2. The molecule has 4 atom stereocenters. The van der Waals surface area contributed by atoms with Gasteiger partial charge in [0.15, 0.2) is 0 Å². The van der Waals surface area contributed by atoms with E-state index < -0.39 is 23.6 Å². The Morgan fingerprint density at radius 2 is 1.88 bits per heavy atom. The van der Waals surface area contributed by atoms with Crippen molar-refractivity contribution in [2.24, 2.45) is 0 Å². The molecule has 1 fully saturated rings. The summed E-state index contributed by atoms with van der Waals surface area (Å²) in [5, 5.41) is 39.2. The maximum absolute atomic E-state index is 14.2. The van der Waals surface area contributed by atoms with Crippen molar-refractivity contribution in [3.05, 3.63) is 70.0 Å². The molecule has 7 heteroatoms. The van der Waals surface area contributed by atoms with Gasteiger partial charge in [0.05, 0.1) is 29.9 Å². The minimum atomic E-state index is -1.47. The zero-order valence-electron chi connectivity index (χ0n) is 18.3. The molecule has 2 aromatic carbocycles. The van der Waals surface area contributed by atoms with Crippen LogP contribution in [0.5, 0.6) is 0 Å². The van der Waals surface area contributed by atoms with Gasteiger partial charge in [0.2, 0.25) is 0 Å². The van der Waals surface area contributed by atoms with Gasteiger partial charge in [-0.3, -0.25) is 0 Å². The van der Waals surface area contributed by atoms with E-state index in [-0.39, 0.29) is 19.1 Å². The molecule has 1 aliphatic heterocycles. The number of fused-ring (bicyclic) bond motifs is 1. The molecule has 174 valence electrons. The summed E-state index contributed by atoms with van der Waals surface area (Å²) in [6.07, 6.45) is 3.31. The summed E-state index contributed by atoms with van der Waals surface area (Å²) in [4.78, 5) is 0. The maximum Gasteiger partial charge on any atom is 0.132 e. The Balaban J connectivity index is 0.00000141. The van der Waals surface area contributed by atoms with E-state index in [0.717, 1.165) is 34.6 Å². The zero-order chi connectivity index (χ0) is 23.5. The first-order valence-corrected chi connectivity index (χ1v) is 11.0. The van der Waals surface area contributed by atoms with Crippen LogP contribution in [0.4, 0.5) is 4.39 Å². The third-order valence-corrected chi connectivity index (χ3v) is 6.44. The molecular formula is C25H30ClFO5. The largest absolute Gasteiger partial charge is 0.400 e. The van der Waals surface area contributed by atoms with Gasteiger partial charge in [-0.1, -0.05) is 48.0 Å². The summed E-state index contributed by atoms with van der Waals surface area (Å²) in [7, 11) is 1.00. The molecule has 0 saturated carbocycles. The molecule has 0 radical (unpaired) electrons. The molecule has 32 heavy (non-hydrogen) atoms. The highest BCUT2D eigenvalue weighted by atomic mass is 35.5. The fourth-order valence-corrected chi connectivity index (χ4v) is 4.56. The van der Waals surface area contributed by atoms with Crippen molar-refractivity contribution >= 4 is 22.4 Å². The van der Waals surface area contributed by atoms with Crippen molar-refractivity contribution in [3.8, 4) is 0 Å². The van der Waals surface area contributed by atoms with Crippen LogP contribution in [0.3, 0.4) is 0 Å². The molecule has 0 aromatic heterocycles. The van der Waals surface area contributed by atoms with Crippen molar-refractivity contribution in [3.63, 3.8) is 0 Å². The van der Waals surface area contributed by atoms with E-state index in [1.165, 1.54) is 13.0 Å². The summed E-state index contributed by atoms with van der Waals surface area (Å²) in [6.45, 7) is 1.30. The average Bonchev–Trinajstić information content (AvgIpc) is 2.79. The second-order valence-corrected chi connectivity index (χ2v) is 8.84. The minimum absolute atomic E-state index is 0.150. The van der Waals surface area contributed by atoms with Gasteiger partial charge >= 0.3 is 0 Å². The molecular weight excluding hydrogens is 435 g/mol. The molecule has 4 unspecified atom stereocenters. The van der Waals surface area contributed by atoms with Crippen molar-refractivity contribution in [1.82, 2.24) is 0 Å². The summed E-state index contributed by atoms with van der Waals surface area (Å²) in [5.74, 6) is -0.554. The predicted octanol–water partition coefficient (Wildman–Crippen LogP) is 4.15. The van der Waals surface area contributed by atoms with Gasteiger partial charge in [0.1, 0.15) is 11.4 Å². The standard InChI is InChI=1S/C24H26ClFO4.CH4O/c1-24(29)7-6-14(9-22(24)26)8-15-10-20(18-4-2-3-5-19(18)23(15)25)21-12-16(28)11-17(13-27)30-21;1-2/h2-6,9-10,16-17,21,27-29H,7-8,11-13H2,1H3;2H,1H3. The molecule has 4 rings (SSSR count). The molecule has 1 aliphatic carbocycles. The van der Waals surface area contributed by atoms with E-state index >= 15 is 0 Å². The quantitative estimate of drug-likeness (QED) is 0.545. The van der Waals surface area contributed by atoms with Crippen molar-refractivity contribution in [1.29, 1.82) is 0 Å². The van der Waals surface area contributed by atoms with E-state index in [9.17, 15) is 19.7 Å². The Morgan fingerprint density at radius 3 is 2.53 bits per heavy atom. The van der Waals surface area contributed by atoms with Crippen LogP contribution in [0.15, 0.2) is 53.9 Å². The predicted molar refractivity (Wildman–Crippen MR) is 123 cm³/mol. The third kappa shape index (κ3) is 5.22. The molecule has 2 aromatic rings. The van der Waals surface area contributed by atoms with Crippen LogP contribution in [0.2, 0.25) is 5.02 Å². The number of hydrogen-bond acceptors (Lipinski definition) is 5. The highest BCUT2D eigenvalue weighted by molar-refractivity contribution is 6.36. The number of aliphatic hydroxyl groups excluding tert-OH is 3. The summed E-state index contributed by atoms with van der Waals surface area (Å²) in [5.41, 5.74) is 1.01. The third-order valence-electron chi connectivity index (χ3n) is 6.00. The minimum Gasteiger partial charge on any atom is -0.400 e. The first kappa shape index (κ1) is 24.8. The van der Waals surface area contributed by atoms with Crippen LogP contribution >= 0.6 is 11.6 Å². The van der Waals surface area contributed by atoms with E-state index in [1.54, 1.807) is 0 Å². The molecule has 0 amide bonds. The molecule has 4 N–H and O–H groups in total. The normalized spacial score (nSPS) is 27.9. The Bertz CT molecular complexity index is 1020. The van der Waals surface area contributed by atoms with Gasteiger partial charge in [-0.25, -0.2) is 4.39 Å². The molecule has 1 saturated heterocycles. The van der Waals surface area contributed by atoms with Gasteiger partial charge in [0.25, 0.3) is 0 Å². The monoisotopic (exact) mass is 464 g/mol. The number of ether oxygens (including phenoxy) is 1. The summed E-state index contributed by atoms with van der Waals surface area (Å²) in [6, 6.07) is 9.69. The van der Waals surface area contributed by atoms with E-state index in [2.05, 4.69) is 0 Å². The van der Waals surface area contributed by atoms with Crippen LogP contribution in [0, 0.1) is 0 Å². The lowest BCUT2D eigenvalue weighted by atomic mass is 9.87. The Hall–Kier alpha value is -1.80. The van der Waals surface area contributed by atoms with E-state index in [0.29, 0.717) is 24.3 Å². The zero-order valence-corrected chi connectivity index (χ0v) is 19.0. The molecule has 2 aliphatic rings. The van der Waals surface area contributed by atoms with Crippen LogP contribution in [0.25, 0.3) is 10.8 Å². The van der Waals surface area contributed by atoms with Crippen LogP contribution in [-0.4, -0.2) is 52.0 Å². The van der Waals surface area contributed by atoms with Crippen LogP contribution in [-0.2, 0) is 11.2 Å². The Labute approximate surface area is 192 Å². The number of hydrogen-bond donors (Lipinski definition) is 4. The summed E-state index contributed by atoms with van der Waals surface area (Å²) >= 11 is 6.73. The Kier molecular flexibility index (Phi) is 8.09. The number of aliphatic hydroxyl groups is 4. The SMILES string of the molecule is CC1(O)CC=C(Cc2cc(C3CC(O)CC(CO)O3)c3ccccc3c2Cl)C=C1F.CO. The van der Waals surface area contributed by atoms with E-state index in [1.807, 2.05) is 36.4 Å². The van der Waals surface area contributed by atoms with E-state index in [4.69, 9.17) is 21.4 Å². The smallest absolute Gasteiger partial charge is 0.132 e. The first-order valence-electron chi connectivity index (χ1n) is 10.7. The van der Waals surface area contributed by atoms with Crippen molar-refractivity contribution in [2.45, 2.75) is 56.5 Å². The van der Waals surface area contributed by atoms with Crippen LogP contribution in [0.1, 0.15) is 43.4 Å². The number of halogens is 2. The Morgan fingerprint density at radius 1 is 1.19 bits per heavy atom. The topological polar surface area (TPSA) is 90.2 Å². The second kappa shape index (κ2) is 10.4. The lowest BCUT2D eigenvalue weighted by molar-refractivity contribution is -0.113. The van der Waals surface area contributed by atoms with Crippen molar-refractivity contribution in [2.75, 3.05) is 13.7 Å². The number of rotatable bonds is 4. The fourth-order valence-electron chi connectivity index (χ4n) is 4.28. The molecule has 5 nitrogen and oxygen atoms in total. The summed E-state index contributed by atoms with van der Waals surface area (Å²) < 4.78 is 20.3. The lowest BCUT2D eigenvalue weighted by Gasteiger charge is -2.33. The molecule has 1 heterocycles. The van der Waals surface area contributed by atoms with Gasteiger partial charge in [-0.15, -0.1) is 0 Å². The fraction of sp³-hybridized carbons (Fsp3) is 0.440. The lowest BCUT2D eigenvalue weighted by Crippen LogP contribution is -2.33. The molecule has 0 spiro atoms. The van der Waals surface area contributed by atoms with Gasteiger partial charge in [-0.2, -0.15) is 0 Å². The number of benzene rings is 2. The second-order valence-electron chi connectivity index (χ2n) is 8.47. The maximum atomic E-state index is 14.2. The van der Waals surface area contributed by atoms with Crippen molar-refractivity contribution < 1.29 is 29.6 Å². The average molecular weight is 465 g/mol. The van der Waals surface area contributed by atoms with Gasteiger partial charge < -0.3 is 25.2 Å². The van der Waals surface area contributed by atoms with Gasteiger partial charge in [0, 0.05) is 31.8 Å². The highest BCUT2D eigenvalue weighted by Gasteiger charge is 2.31. The van der Waals surface area contributed by atoms with Crippen LogP contribution < -0.4 is 0 Å². The molecule has 0 bridgehead atoms. The van der Waals surface area contributed by atoms with Gasteiger partial charge in [-0.05, 0) is 41.5 Å². The first-order chi connectivity index (χ1) is 15.3.